The number of hydrogen-bond donors (Lipinski definition) is 3. The monoisotopic (exact) mass is 526 g/mol. The number of methoxy groups -OCH3 is 1. The Bertz CT molecular complexity index is 550. The number of carbonyl (C=O) groups excluding carboxylic acids is 1. The summed E-state index contributed by atoms with van der Waals surface area (Å²) in [6.45, 7) is 7.74. The van der Waals surface area contributed by atoms with E-state index in [-0.39, 0.29) is 35.5 Å². The lowest BCUT2D eigenvalue weighted by atomic mass is 10.1. The van der Waals surface area contributed by atoms with Crippen LogP contribution in [0.2, 0.25) is 0 Å². The standard InChI is InChI=1S/C17H27BrN4O2.HI/c1-5-19-16(21-12-17(2,3)24-4)20-11-10-15(23)22-14-8-6-13(18)7-9-14;/h6-9H,5,10-12H2,1-4H3,(H,22,23)(H2,19,20,21);1H. The number of nitrogens with one attached hydrogen (secondary N) is 3. The van der Waals surface area contributed by atoms with E-state index in [2.05, 4.69) is 36.9 Å². The average Bonchev–Trinajstić information content (AvgIpc) is 2.55. The molecule has 0 fully saturated rings. The SMILES string of the molecule is CCNC(=NCC(C)(C)OC)NCCC(=O)Nc1ccc(Br)cc1.I. The molecule has 0 aliphatic rings. The molecule has 0 aliphatic heterocycles. The molecule has 0 unspecified atom stereocenters. The number of benzene rings is 1. The number of hydrogen-bond acceptors (Lipinski definition) is 3. The third-order valence-corrected chi connectivity index (χ3v) is 3.82. The molecule has 25 heavy (non-hydrogen) atoms. The van der Waals surface area contributed by atoms with Crippen LogP contribution in [0.15, 0.2) is 33.7 Å². The minimum Gasteiger partial charge on any atom is -0.377 e. The Balaban J connectivity index is 0.00000576. The van der Waals surface area contributed by atoms with Crippen LogP contribution in [0, 0.1) is 0 Å². The molecule has 142 valence electrons. The van der Waals surface area contributed by atoms with Crippen LogP contribution < -0.4 is 16.0 Å². The lowest BCUT2D eigenvalue weighted by Gasteiger charge is -2.21. The molecule has 0 bridgehead atoms. The zero-order valence-corrected chi connectivity index (χ0v) is 19.1. The summed E-state index contributed by atoms with van der Waals surface area (Å²) >= 11 is 3.37. The van der Waals surface area contributed by atoms with Gasteiger partial charge in [0.05, 0.1) is 12.1 Å². The van der Waals surface area contributed by atoms with Crippen LogP contribution in [-0.4, -0.2) is 44.2 Å². The molecule has 0 saturated heterocycles. The maximum atomic E-state index is 12.0. The number of ether oxygens (including phenoxy) is 1. The van der Waals surface area contributed by atoms with Crippen LogP contribution in [-0.2, 0) is 9.53 Å². The second kappa shape index (κ2) is 12.5. The Hall–Kier alpha value is -0.870. The first kappa shape index (κ1) is 24.1. The summed E-state index contributed by atoms with van der Waals surface area (Å²) in [7, 11) is 1.67. The zero-order chi connectivity index (χ0) is 18.0. The fourth-order valence-corrected chi connectivity index (χ4v) is 1.99. The minimum absolute atomic E-state index is 0. The van der Waals surface area contributed by atoms with E-state index in [0.29, 0.717) is 25.5 Å². The maximum absolute atomic E-state index is 12.0. The predicted octanol–water partition coefficient (Wildman–Crippen LogP) is 3.38. The number of halogens is 2. The first-order valence-corrected chi connectivity index (χ1v) is 8.78. The summed E-state index contributed by atoms with van der Waals surface area (Å²) in [5.74, 6) is 0.636. The normalized spacial score (nSPS) is 11.5. The molecule has 0 aromatic heterocycles. The van der Waals surface area contributed by atoms with E-state index in [1.807, 2.05) is 45.0 Å². The van der Waals surface area contributed by atoms with Crippen molar-refractivity contribution in [2.45, 2.75) is 32.8 Å². The van der Waals surface area contributed by atoms with Gasteiger partial charge in [-0.15, -0.1) is 24.0 Å². The fourth-order valence-electron chi connectivity index (χ4n) is 1.73. The van der Waals surface area contributed by atoms with E-state index in [1.54, 1.807) is 7.11 Å². The topological polar surface area (TPSA) is 74.8 Å². The van der Waals surface area contributed by atoms with Crippen LogP contribution in [0.5, 0.6) is 0 Å². The van der Waals surface area contributed by atoms with Crippen LogP contribution in [0.25, 0.3) is 0 Å². The van der Waals surface area contributed by atoms with Crippen molar-refractivity contribution in [2.24, 2.45) is 4.99 Å². The van der Waals surface area contributed by atoms with Gasteiger partial charge in [-0.2, -0.15) is 0 Å². The maximum Gasteiger partial charge on any atom is 0.226 e. The van der Waals surface area contributed by atoms with Crippen LogP contribution in [0.4, 0.5) is 5.69 Å². The van der Waals surface area contributed by atoms with Gasteiger partial charge in [0.1, 0.15) is 0 Å². The van der Waals surface area contributed by atoms with Crippen molar-refractivity contribution in [3.63, 3.8) is 0 Å². The molecule has 0 atom stereocenters. The Labute approximate surface area is 175 Å². The molecular formula is C17H28BrIN4O2. The summed E-state index contributed by atoms with van der Waals surface area (Å²) in [6.07, 6.45) is 0.355. The molecule has 3 N–H and O–H groups in total. The van der Waals surface area contributed by atoms with Crippen molar-refractivity contribution in [1.29, 1.82) is 0 Å². The third-order valence-electron chi connectivity index (χ3n) is 3.29. The second-order valence-corrected chi connectivity index (χ2v) is 6.81. The molecule has 0 spiro atoms. The number of anilines is 1. The molecule has 0 heterocycles. The van der Waals surface area contributed by atoms with E-state index in [4.69, 9.17) is 4.74 Å². The Morgan fingerprint density at radius 1 is 1.24 bits per heavy atom. The quantitative estimate of drug-likeness (QED) is 0.276. The summed E-state index contributed by atoms with van der Waals surface area (Å²) < 4.78 is 6.33. The van der Waals surface area contributed by atoms with Gasteiger partial charge in [0.15, 0.2) is 5.96 Å². The van der Waals surface area contributed by atoms with Gasteiger partial charge in [-0.25, -0.2) is 0 Å². The highest BCUT2D eigenvalue weighted by molar-refractivity contribution is 14.0. The predicted molar refractivity (Wildman–Crippen MR) is 118 cm³/mol. The number of rotatable bonds is 8. The molecule has 0 radical (unpaired) electrons. The van der Waals surface area contributed by atoms with E-state index in [1.165, 1.54) is 0 Å². The largest absolute Gasteiger partial charge is 0.377 e. The van der Waals surface area contributed by atoms with Crippen LogP contribution in [0.1, 0.15) is 27.2 Å². The highest BCUT2D eigenvalue weighted by atomic mass is 127. The molecule has 0 aliphatic carbocycles. The highest BCUT2D eigenvalue weighted by Crippen LogP contribution is 2.14. The Morgan fingerprint density at radius 3 is 2.44 bits per heavy atom. The van der Waals surface area contributed by atoms with Gasteiger partial charge in [0.25, 0.3) is 0 Å². The lowest BCUT2D eigenvalue weighted by molar-refractivity contribution is -0.116. The zero-order valence-electron chi connectivity index (χ0n) is 15.2. The summed E-state index contributed by atoms with van der Waals surface area (Å²) in [4.78, 5) is 16.4. The fraction of sp³-hybridized carbons (Fsp3) is 0.529. The van der Waals surface area contributed by atoms with Gasteiger partial charge < -0.3 is 20.7 Å². The Morgan fingerprint density at radius 2 is 1.88 bits per heavy atom. The van der Waals surface area contributed by atoms with E-state index in [9.17, 15) is 4.79 Å². The minimum atomic E-state index is -0.318. The van der Waals surface area contributed by atoms with Crippen molar-refractivity contribution in [3.8, 4) is 0 Å². The van der Waals surface area contributed by atoms with Crippen LogP contribution in [0.3, 0.4) is 0 Å². The lowest BCUT2D eigenvalue weighted by Crippen LogP contribution is -2.40. The molecule has 8 heteroatoms. The molecular weight excluding hydrogens is 499 g/mol. The number of nitrogens with zero attached hydrogens (tertiary/aromatic N) is 1. The van der Waals surface area contributed by atoms with E-state index < -0.39 is 0 Å². The number of carbonyl (C=O) groups is 1. The first-order chi connectivity index (χ1) is 11.4. The van der Waals surface area contributed by atoms with Gasteiger partial charge in [0.2, 0.25) is 5.91 Å². The summed E-state index contributed by atoms with van der Waals surface area (Å²) in [5, 5.41) is 9.17. The van der Waals surface area contributed by atoms with Crippen molar-refractivity contribution in [3.05, 3.63) is 28.7 Å². The number of amides is 1. The van der Waals surface area contributed by atoms with E-state index >= 15 is 0 Å². The van der Waals surface area contributed by atoms with Gasteiger partial charge in [-0.3, -0.25) is 9.79 Å². The Kier molecular flexibility index (Phi) is 12.0. The number of aliphatic imine (C=N–C) groups is 1. The molecule has 1 aromatic rings. The van der Waals surface area contributed by atoms with Crippen LogP contribution >= 0.6 is 39.9 Å². The molecule has 6 nitrogen and oxygen atoms in total. The second-order valence-electron chi connectivity index (χ2n) is 5.89. The average molecular weight is 527 g/mol. The van der Waals surface area contributed by atoms with Gasteiger partial charge >= 0.3 is 0 Å². The van der Waals surface area contributed by atoms with Crippen molar-refractivity contribution in [2.75, 3.05) is 32.1 Å². The van der Waals surface area contributed by atoms with Crippen molar-refractivity contribution < 1.29 is 9.53 Å². The number of guanidine groups is 1. The smallest absolute Gasteiger partial charge is 0.226 e. The van der Waals surface area contributed by atoms with Crippen molar-refractivity contribution in [1.82, 2.24) is 10.6 Å². The van der Waals surface area contributed by atoms with Crippen molar-refractivity contribution >= 4 is 57.5 Å². The van der Waals surface area contributed by atoms with Gasteiger partial charge in [0, 0.05) is 36.8 Å². The third kappa shape index (κ3) is 10.7. The molecule has 1 amide bonds. The van der Waals surface area contributed by atoms with Gasteiger partial charge in [-0.1, -0.05) is 15.9 Å². The summed E-state index contributed by atoms with van der Waals surface area (Å²) in [5.41, 5.74) is 0.465. The highest BCUT2D eigenvalue weighted by Gasteiger charge is 2.15. The molecule has 1 aromatic carbocycles. The van der Waals surface area contributed by atoms with Gasteiger partial charge in [-0.05, 0) is 45.0 Å². The van der Waals surface area contributed by atoms with E-state index in [0.717, 1.165) is 16.7 Å². The summed E-state index contributed by atoms with van der Waals surface area (Å²) in [6, 6.07) is 7.49. The molecule has 1 rings (SSSR count). The first-order valence-electron chi connectivity index (χ1n) is 7.99. The molecule has 0 saturated carbocycles.